The van der Waals surface area contributed by atoms with E-state index in [1.165, 1.54) is 0 Å². The first-order valence-corrected chi connectivity index (χ1v) is 11.2. The maximum Gasteiger partial charge on any atom is 0.231 e. The smallest absolute Gasteiger partial charge is 0.231 e. The maximum atomic E-state index is 12.9. The van der Waals surface area contributed by atoms with Crippen molar-refractivity contribution in [1.82, 2.24) is 4.90 Å². The van der Waals surface area contributed by atoms with E-state index in [2.05, 4.69) is 20.8 Å². The van der Waals surface area contributed by atoms with Gasteiger partial charge in [0, 0.05) is 17.6 Å². The van der Waals surface area contributed by atoms with Gasteiger partial charge in [0.15, 0.2) is 5.76 Å². The van der Waals surface area contributed by atoms with Gasteiger partial charge in [0.05, 0.1) is 21.2 Å². The third-order valence-electron chi connectivity index (χ3n) is 5.22. The van der Waals surface area contributed by atoms with E-state index in [-0.39, 0.29) is 5.78 Å². The number of allylic oxidation sites excluding steroid dienone is 1. The highest BCUT2D eigenvalue weighted by molar-refractivity contribution is 9.10. The van der Waals surface area contributed by atoms with E-state index in [1.54, 1.807) is 18.2 Å². The zero-order valence-electron chi connectivity index (χ0n) is 16.2. The first-order chi connectivity index (χ1) is 15.0. The fourth-order valence-electron chi connectivity index (χ4n) is 3.75. The number of fused-ring (bicyclic) bond motifs is 3. The van der Waals surface area contributed by atoms with Crippen LogP contribution in [0.15, 0.2) is 64.8 Å². The molecule has 2 heterocycles. The van der Waals surface area contributed by atoms with Crippen molar-refractivity contribution >= 4 is 51.0 Å². The molecule has 2 aliphatic heterocycles. The number of benzene rings is 3. The molecule has 3 aromatic rings. The minimum Gasteiger partial charge on any atom is -0.478 e. The Hall–Kier alpha value is -2.31. The number of ether oxygens (including phenoxy) is 2. The van der Waals surface area contributed by atoms with Crippen LogP contribution in [0.1, 0.15) is 27.0 Å². The summed E-state index contributed by atoms with van der Waals surface area (Å²) in [4.78, 5) is 15.0. The van der Waals surface area contributed by atoms with Gasteiger partial charge < -0.3 is 9.47 Å². The summed E-state index contributed by atoms with van der Waals surface area (Å²) in [5, 5.41) is 1.05. The van der Waals surface area contributed by atoms with Crippen LogP contribution in [-0.2, 0) is 13.1 Å². The first kappa shape index (κ1) is 20.6. The van der Waals surface area contributed by atoms with Crippen molar-refractivity contribution < 1.29 is 14.3 Å². The highest BCUT2D eigenvalue weighted by atomic mass is 79.9. The third-order valence-corrected chi connectivity index (χ3v) is 6.45. The van der Waals surface area contributed by atoms with Crippen LogP contribution in [0, 0.1) is 0 Å². The van der Waals surface area contributed by atoms with E-state index in [9.17, 15) is 4.79 Å². The predicted molar refractivity (Wildman–Crippen MR) is 125 cm³/mol. The van der Waals surface area contributed by atoms with Crippen LogP contribution in [0.25, 0.3) is 6.08 Å². The molecule has 0 amide bonds. The molecule has 0 bridgehead atoms. The van der Waals surface area contributed by atoms with Crippen molar-refractivity contribution in [3.63, 3.8) is 0 Å². The van der Waals surface area contributed by atoms with Crippen LogP contribution >= 0.6 is 39.1 Å². The summed E-state index contributed by atoms with van der Waals surface area (Å²) < 4.78 is 12.9. The van der Waals surface area contributed by atoms with E-state index >= 15 is 0 Å². The molecule has 4 nitrogen and oxygen atoms in total. The molecule has 0 unspecified atom stereocenters. The van der Waals surface area contributed by atoms with Crippen molar-refractivity contribution in [1.29, 1.82) is 0 Å². The summed E-state index contributed by atoms with van der Waals surface area (Å²) in [5.41, 5.74) is 3.34. The molecule has 0 radical (unpaired) electrons. The zero-order valence-corrected chi connectivity index (χ0v) is 19.3. The van der Waals surface area contributed by atoms with Gasteiger partial charge in [-0.3, -0.25) is 9.69 Å². The SMILES string of the molecule is O=C1/C(=C/c2cccc(Br)c2)Oc2c1ccc1c2CN(Cc2ccc(Cl)c(Cl)c2)CO1. The summed E-state index contributed by atoms with van der Waals surface area (Å²) >= 11 is 15.6. The van der Waals surface area contributed by atoms with Gasteiger partial charge in [-0.25, -0.2) is 0 Å². The Morgan fingerprint density at radius 3 is 2.74 bits per heavy atom. The Morgan fingerprint density at radius 2 is 1.94 bits per heavy atom. The molecule has 0 aromatic heterocycles. The number of hydrogen-bond donors (Lipinski definition) is 0. The summed E-state index contributed by atoms with van der Waals surface area (Å²) in [6.45, 7) is 1.66. The Morgan fingerprint density at radius 1 is 1.06 bits per heavy atom. The molecule has 0 aliphatic carbocycles. The molecule has 31 heavy (non-hydrogen) atoms. The lowest BCUT2D eigenvalue weighted by molar-refractivity contribution is 0.0873. The Balaban J connectivity index is 1.42. The number of Topliss-reactive ketones (excluding diaryl/α,β-unsaturated/α-hetero) is 1. The number of halogens is 3. The summed E-state index contributed by atoms with van der Waals surface area (Å²) in [7, 11) is 0. The van der Waals surface area contributed by atoms with Crippen LogP contribution in [-0.4, -0.2) is 17.4 Å². The van der Waals surface area contributed by atoms with Crippen LogP contribution in [0.4, 0.5) is 0 Å². The first-order valence-electron chi connectivity index (χ1n) is 9.63. The standard InChI is InChI=1S/C24H16BrCl2NO3/c25-16-3-1-2-14(8-16)10-22-23(29)17-5-7-21-18(24(17)31-22)12-28(13-30-21)11-15-4-6-19(26)20(27)9-15/h1-10H,11-13H2/b22-10-. The highest BCUT2D eigenvalue weighted by Gasteiger charge is 2.33. The van der Waals surface area contributed by atoms with Gasteiger partial charge >= 0.3 is 0 Å². The average molecular weight is 517 g/mol. The van der Waals surface area contributed by atoms with Gasteiger partial charge in [0.25, 0.3) is 0 Å². The Bertz CT molecular complexity index is 1240. The lowest BCUT2D eigenvalue weighted by Gasteiger charge is -2.29. The molecule has 7 heteroatoms. The number of nitrogens with zero attached hydrogens (tertiary/aromatic N) is 1. The van der Waals surface area contributed by atoms with Gasteiger partial charge in [0.1, 0.15) is 18.2 Å². The number of ketones is 1. The van der Waals surface area contributed by atoms with E-state index in [0.717, 1.165) is 26.9 Å². The molecule has 156 valence electrons. The van der Waals surface area contributed by atoms with E-state index in [4.69, 9.17) is 32.7 Å². The lowest BCUT2D eigenvalue weighted by atomic mass is 10.0. The second-order valence-corrected chi connectivity index (χ2v) is 9.15. The average Bonchev–Trinajstić information content (AvgIpc) is 3.07. The summed E-state index contributed by atoms with van der Waals surface area (Å²) in [6, 6.07) is 16.9. The fraction of sp³-hybridized carbons (Fsp3) is 0.125. The third kappa shape index (κ3) is 4.11. The number of rotatable bonds is 3. The molecule has 2 aliphatic rings. The van der Waals surface area contributed by atoms with Gasteiger partial charge in [-0.1, -0.05) is 57.3 Å². The fourth-order valence-corrected chi connectivity index (χ4v) is 4.49. The molecular weight excluding hydrogens is 501 g/mol. The normalized spacial score (nSPS) is 16.6. The molecule has 0 N–H and O–H groups in total. The quantitative estimate of drug-likeness (QED) is 0.362. The molecule has 0 spiro atoms. The van der Waals surface area contributed by atoms with Crippen molar-refractivity contribution in [2.75, 3.05) is 6.73 Å². The molecule has 5 rings (SSSR count). The van der Waals surface area contributed by atoms with Crippen molar-refractivity contribution in [2.45, 2.75) is 13.1 Å². The number of carbonyl (C=O) groups excluding carboxylic acids is 1. The van der Waals surface area contributed by atoms with Crippen molar-refractivity contribution in [2.24, 2.45) is 0 Å². The van der Waals surface area contributed by atoms with Gasteiger partial charge in [0.2, 0.25) is 5.78 Å². The van der Waals surface area contributed by atoms with Crippen LogP contribution in [0.2, 0.25) is 10.0 Å². The van der Waals surface area contributed by atoms with Gasteiger partial charge in [-0.15, -0.1) is 0 Å². The predicted octanol–water partition coefficient (Wildman–Crippen LogP) is 6.72. The molecule has 0 fully saturated rings. The molecule has 0 atom stereocenters. The lowest BCUT2D eigenvalue weighted by Crippen LogP contribution is -2.31. The zero-order chi connectivity index (χ0) is 21.5. The van der Waals surface area contributed by atoms with Crippen LogP contribution < -0.4 is 9.47 Å². The highest BCUT2D eigenvalue weighted by Crippen LogP contribution is 2.42. The number of hydrogen-bond acceptors (Lipinski definition) is 4. The second kappa shape index (κ2) is 8.32. The summed E-state index contributed by atoms with van der Waals surface area (Å²) in [6.07, 6.45) is 1.76. The maximum absolute atomic E-state index is 12.9. The molecule has 0 saturated heterocycles. The Labute approximate surface area is 198 Å². The minimum atomic E-state index is -0.126. The largest absolute Gasteiger partial charge is 0.478 e. The van der Waals surface area contributed by atoms with Crippen molar-refractivity contribution in [3.05, 3.63) is 97.1 Å². The van der Waals surface area contributed by atoms with Gasteiger partial charge in [-0.05, 0) is 53.6 Å². The minimum absolute atomic E-state index is 0.126. The van der Waals surface area contributed by atoms with E-state index in [0.29, 0.717) is 46.9 Å². The van der Waals surface area contributed by atoms with Crippen molar-refractivity contribution in [3.8, 4) is 11.5 Å². The Kier molecular flexibility index (Phi) is 5.52. The topological polar surface area (TPSA) is 38.8 Å². The monoisotopic (exact) mass is 515 g/mol. The van der Waals surface area contributed by atoms with Crippen LogP contribution in [0.5, 0.6) is 11.5 Å². The number of carbonyl (C=O) groups is 1. The summed E-state index contributed by atoms with van der Waals surface area (Å²) in [5.74, 6) is 1.49. The van der Waals surface area contributed by atoms with Gasteiger partial charge in [-0.2, -0.15) is 0 Å². The molecular formula is C24H16BrCl2NO3. The van der Waals surface area contributed by atoms with E-state index < -0.39 is 0 Å². The van der Waals surface area contributed by atoms with Crippen LogP contribution in [0.3, 0.4) is 0 Å². The molecule has 0 saturated carbocycles. The second-order valence-electron chi connectivity index (χ2n) is 7.42. The molecule has 3 aromatic carbocycles. The van der Waals surface area contributed by atoms with E-state index in [1.807, 2.05) is 42.5 Å².